The SMILES string of the molecule is O=C(O)C1CC[C@@H](c2ccccc2)N1C(=O)Cc1ccc2cn[nH]c2c1. The van der Waals surface area contributed by atoms with Crippen LogP contribution >= 0.6 is 0 Å². The highest BCUT2D eigenvalue weighted by atomic mass is 16.4. The maximum atomic E-state index is 13.0. The molecule has 0 radical (unpaired) electrons. The summed E-state index contributed by atoms with van der Waals surface area (Å²) < 4.78 is 0. The number of carbonyl (C=O) groups is 2. The molecule has 0 spiro atoms. The number of nitrogens with one attached hydrogen (secondary N) is 1. The van der Waals surface area contributed by atoms with E-state index < -0.39 is 12.0 Å². The first-order chi connectivity index (χ1) is 12.6. The molecule has 132 valence electrons. The van der Waals surface area contributed by atoms with Crippen LogP contribution in [0.3, 0.4) is 0 Å². The van der Waals surface area contributed by atoms with Crippen molar-refractivity contribution in [2.45, 2.75) is 31.3 Å². The van der Waals surface area contributed by atoms with E-state index in [2.05, 4.69) is 10.2 Å². The fraction of sp³-hybridized carbons (Fsp3) is 0.250. The van der Waals surface area contributed by atoms with Crippen LogP contribution in [0.4, 0.5) is 0 Å². The Morgan fingerprint density at radius 3 is 2.73 bits per heavy atom. The van der Waals surface area contributed by atoms with Gasteiger partial charge < -0.3 is 10.0 Å². The number of benzene rings is 2. The lowest BCUT2D eigenvalue weighted by Gasteiger charge is -2.29. The number of aromatic nitrogens is 2. The van der Waals surface area contributed by atoms with Gasteiger partial charge in [0.25, 0.3) is 0 Å². The second-order valence-electron chi connectivity index (χ2n) is 6.63. The molecule has 4 rings (SSSR count). The summed E-state index contributed by atoms with van der Waals surface area (Å²) in [6.45, 7) is 0. The van der Waals surface area contributed by atoms with E-state index in [-0.39, 0.29) is 18.4 Å². The van der Waals surface area contributed by atoms with Crippen LogP contribution in [0.25, 0.3) is 10.9 Å². The summed E-state index contributed by atoms with van der Waals surface area (Å²) in [5, 5.41) is 17.4. The van der Waals surface area contributed by atoms with E-state index in [1.165, 1.54) is 0 Å². The van der Waals surface area contributed by atoms with Crippen LogP contribution in [0.1, 0.15) is 30.0 Å². The number of fused-ring (bicyclic) bond motifs is 1. The predicted octanol–water partition coefficient (Wildman–Crippen LogP) is 2.92. The topological polar surface area (TPSA) is 86.3 Å². The zero-order chi connectivity index (χ0) is 18.1. The molecule has 1 aromatic heterocycles. The van der Waals surface area contributed by atoms with Crippen molar-refractivity contribution in [2.24, 2.45) is 0 Å². The van der Waals surface area contributed by atoms with Gasteiger partial charge in [0.1, 0.15) is 6.04 Å². The minimum atomic E-state index is -0.944. The van der Waals surface area contributed by atoms with Gasteiger partial charge in [-0.3, -0.25) is 9.89 Å². The van der Waals surface area contributed by atoms with Crippen LogP contribution in [0.2, 0.25) is 0 Å². The van der Waals surface area contributed by atoms with Crippen LogP contribution in [0.5, 0.6) is 0 Å². The third kappa shape index (κ3) is 2.94. The molecule has 1 fully saturated rings. The lowest BCUT2D eigenvalue weighted by atomic mass is 10.0. The number of carboxylic acids is 1. The zero-order valence-electron chi connectivity index (χ0n) is 14.1. The Morgan fingerprint density at radius 2 is 1.96 bits per heavy atom. The molecule has 2 heterocycles. The summed E-state index contributed by atoms with van der Waals surface area (Å²) in [5.41, 5.74) is 2.69. The van der Waals surface area contributed by atoms with Crippen LogP contribution in [0, 0.1) is 0 Å². The fourth-order valence-corrected chi connectivity index (χ4v) is 3.76. The number of hydrogen-bond donors (Lipinski definition) is 2. The number of nitrogens with zero attached hydrogens (tertiary/aromatic N) is 2. The van der Waals surface area contributed by atoms with E-state index in [1.54, 1.807) is 11.1 Å². The molecular formula is C20H19N3O3. The summed E-state index contributed by atoms with van der Waals surface area (Å²) in [7, 11) is 0. The lowest BCUT2D eigenvalue weighted by molar-refractivity contribution is -0.149. The highest BCUT2D eigenvalue weighted by Gasteiger charge is 2.41. The molecule has 1 amide bonds. The van der Waals surface area contributed by atoms with Gasteiger partial charge in [-0.15, -0.1) is 0 Å². The van der Waals surface area contributed by atoms with Crippen molar-refractivity contribution in [3.63, 3.8) is 0 Å². The lowest BCUT2D eigenvalue weighted by Crippen LogP contribution is -2.42. The van der Waals surface area contributed by atoms with E-state index in [1.807, 2.05) is 48.5 Å². The minimum Gasteiger partial charge on any atom is -0.480 e. The zero-order valence-corrected chi connectivity index (χ0v) is 14.1. The summed E-state index contributed by atoms with van der Waals surface area (Å²) in [4.78, 5) is 26.3. The van der Waals surface area contributed by atoms with Gasteiger partial charge in [-0.2, -0.15) is 5.10 Å². The molecule has 0 aliphatic carbocycles. The molecule has 2 atom stereocenters. The Bertz CT molecular complexity index is 951. The summed E-state index contributed by atoms with van der Waals surface area (Å²) in [6, 6.07) is 14.4. The van der Waals surface area contributed by atoms with Crippen molar-refractivity contribution in [3.05, 3.63) is 65.9 Å². The molecule has 0 saturated carbocycles. The molecule has 1 unspecified atom stereocenters. The number of carboxylic acid groups (broad SMARTS) is 1. The van der Waals surface area contributed by atoms with Crippen molar-refractivity contribution in [1.82, 2.24) is 15.1 Å². The molecule has 6 nitrogen and oxygen atoms in total. The predicted molar refractivity (Wildman–Crippen MR) is 96.5 cm³/mol. The second-order valence-corrected chi connectivity index (χ2v) is 6.63. The van der Waals surface area contributed by atoms with Crippen LogP contribution in [-0.2, 0) is 16.0 Å². The number of rotatable bonds is 4. The number of carbonyl (C=O) groups excluding carboxylic acids is 1. The first kappa shape index (κ1) is 16.3. The van der Waals surface area contributed by atoms with Gasteiger partial charge in [0.15, 0.2) is 0 Å². The van der Waals surface area contributed by atoms with Gasteiger partial charge in [-0.1, -0.05) is 42.5 Å². The highest BCUT2D eigenvalue weighted by molar-refractivity contribution is 5.87. The third-order valence-electron chi connectivity index (χ3n) is 5.00. The fourth-order valence-electron chi connectivity index (χ4n) is 3.76. The molecular weight excluding hydrogens is 330 g/mol. The molecule has 0 bridgehead atoms. The normalized spacial score (nSPS) is 19.8. The smallest absolute Gasteiger partial charge is 0.326 e. The van der Waals surface area contributed by atoms with Crippen molar-refractivity contribution in [3.8, 4) is 0 Å². The molecule has 2 N–H and O–H groups in total. The van der Waals surface area contributed by atoms with Gasteiger partial charge in [-0.25, -0.2) is 4.79 Å². The van der Waals surface area contributed by atoms with Gasteiger partial charge in [0.05, 0.1) is 24.2 Å². The second kappa shape index (κ2) is 6.63. The average Bonchev–Trinajstić information content (AvgIpc) is 3.29. The summed E-state index contributed by atoms with van der Waals surface area (Å²) in [5.74, 6) is -1.11. The Morgan fingerprint density at radius 1 is 1.15 bits per heavy atom. The van der Waals surface area contributed by atoms with E-state index in [4.69, 9.17) is 0 Å². The van der Waals surface area contributed by atoms with E-state index in [9.17, 15) is 14.7 Å². The highest BCUT2D eigenvalue weighted by Crippen LogP contribution is 2.36. The summed E-state index contributed by atoms with van der Waals surface area (Å²) >= 11 is 0. The Balaban J connectivity index is 1.62. The molecule has 1 aliphatic rings. The van der Waals surface area contributed by atoms with E-state index in [0.717, 1.165) is 22.0 Å². The molecule has 26 heavy (non-hydrogen) atoms. The van der Waals surface area contributed by atoms with Gasteiger partial charge in [0, 0.05) is 5.39 Å². The maximum Gasteiger partial charge on any atom is 0.326 e. The monoisotopic (exact) mass is 349 g/mol. The molecule has 2 aromatic carbocycles. The first-order valence-corrected chi connectivity index (χ1v) is 8.64. The third-order valence-corrected chi connectivity index (χ3v) is 5.00. The molecule has 1 saturated heterocycles. The maximum absolute atomic E-state index is 13.0. The molecule has 3 aromatic rings. The van der Waals surface area contributed by atoms with E-state index >= 15 is 0 Å². The number of aliphatic carboxylic acids is 1. The Hall–Kier alpha value is -3.15. The van der Waals surface area contributed by atoms with Gasteiger partial charge in [0.2, 0.25) is 5.91 Å². The van der Waals surface area contributed by atoms with Crippen molar-refractivity contribution in [1.29, 1.82) is 0 Å². The average molecular weight is 349 g/mol. The van der Waals surface area contributed by atoms with Crippen molar-refractivity contribution in [2.75, 3.05) is 0 Å². The molecule has 6 heteroatoms. The quantitative estimate of drug-likeness (QED) is 0.758. The van der Waals surface area contributed by atoms with Crippen LogP contribution < -0.4 is 0 Å². The number of aromatic amines is 1. The van der Waals surface area contributed by atoms with Gasteiger partial charge in [-0.05, 0) is 30.0 Å². The summed E-state index contributed by atoms with van der Waals surface area (Å²) in [6.07, 6.45) is 3.03. The Kier molecular flexibility index (Phi) is 4.16. The van der Waals surface area contributed by atoms with Crippen molar-refractivity contribution >= 4 is 22.8 Å². The van der Waals surface area contributed by atoms with E-state index in [0.29, 0.717) is 12.8 Å². The molecule has 1 aliphatic heterocycles. The minimum absolute atomic E-state index is 0.164. The number of hydrogen-bond acceptors (Lipinski definition) is 3. The standard InChI is InChI=1S/C20H19N3O3/c24-19(11-13-6-7-15-12-21-22-16(15)10-13)23-17(8-9-18(23)20(25)26)14-4-2-1-3-5-14/h1-7,10,12,17-18H,8-9,11H2,(H,21,22)(H,25,26)/t17-,18?/m0/s1. The Labute approximate surface area is 150 Å². The number of H-pyrrole nitrogens is 1. The van der Waals surface area contributed by atoms with Gasteiger partial charge >= 0.3 is 5.97 Å². The first-order valence-electron chi connectivity index (χ1n) is 8.64. The van der Waals surface area contributed by atoms with Crippen LogP contribution in [-0.4, -0.2) is 38.1 Å². The number of amides is 1. The van der Waals surface area contributed by atoms with Crippen LogP contribution in [0.15, 0.2) is 54.7 Å². The van der Waals surface area contributed by atoms with Crippen molar-refractivity contribution < 1.29 is 14.7 Å². The largest absolute Gasteiger partial charge is 0.480 e. The number of likely N-dealkylation sites (tertiary alicyclic amines) is 1.